The Balaban J connectivity index is 1.61. The van der Waals surface area contributed by atoms with Gasteiger partial charge in [-0.3, -0.25) is 19.3 Å². The average Bonchev–Trinajstić information content (AvgIpc) is 2.65. The summed E-state index contributed by atoms with van der Waals surface area (Å²) in [4.78, 5) is 11.1. The molecule has 0 aliphatic carbocycles. The Labute approximate surface area is 149 Å². The molecule has 0 unspecified atom stereocenters. The lowest BCUT2D eigenvalue weighted by atomic mass is 10.1. The van der Waals surface area contributed by atoms with Crippen molar-refractivity contribution in [2.45, 2.75) is 38.1 Å². The normalized spacial score (nSPS) is 17.3. The Morgan fingerprint density at radius 3 is 2.92 bits per heavy atom. The van der Waals surface area contributed by atoms with Gasteiger partial charge in [0, 0.05) is 24.0 Å². The number of hydrogen-bond acceptors (Lipinski definition) is 4. The first-order valence-corrected chi connectivity index (χ1v) is 9.05. The zero-order chi connectivity index (χ0) is 17.5. The molecule has 134 valence electrons. The van der Waals surface area contributed by atoms with Gasteiger partial charge in [0.25, 0.3) is 0 Å². The molecule has 0 saturated carbocycles. The highest BCUT2D eigenvalue weighted by Gasteiger charge is 2.24. The number of ether oxygens (including phenoxy) is 1. The van der Waals surface area contributed by atoms with E-state index in [2.05, 4.69) is 28.0 Å². The molecular weight excluding hydrogens is 317 g/mol. The first kappa shape index (κ1) is 17.8. The van der Waals surface area contributed by atoms with Crippen LogP contribution in [0.15, 0.2) is 36.8 Å². The Kier molecular flexibility index (Phi) is 6.34. The maximum absolute atomic E-state index is 12.2. The lowest BCUT2D eigenvalue weighted by Gasteiger charge is -2.37. The van der Waals surface area contributed by atoms with E-state index < -0.39 is 0 Å². The molecule has 1 aliphatic rings. The van der Waals surface area contributed by atoms with Crippen LogP contribution in [-0.2, 0) is 6.42 Å². The third-order valence-electron chi connectivity index (χ3n) is 4.81. The minimum absolute atomic E-state index is 0.225. The summed E-state index contributed by atoms with van der Waals surface area (Å²) in [5, 5.41) is 0. The maximum atomic E-state index is 12.2. The molecule has 1 fully saturated rings. The number of halogens is 1. The van der Waals surface area contributed by atoms with Crippen LogP contribution in [0.4, 0.5) is 4.39 Å². The second-order valence-electron chi connectivity index (χ2n) is 6.69. The summed E-state index contributed by atoms with van der Waals surface area (Å²) in [5.74, 6) is 0.785. The van der Waals surface area contributed by atoms with E-state index in [1.165, 1.54) is 12.0 Å². The van der Waals surface area contributed by atoms with Crippen LogP contribution in [0.3, 0.4) is 0 Å². The minimum atomic E-state index is -0.225. The lowest BCUT2D eigenvalue weighted by Crippen LogP contribution is -2.48. The molecule has 1 atom stereocenters. The summed E-state index contributed by atoms with van der Waals surface area (Å²) in [6.07, 6.45) is 10.1. The topological polar surface area (TPSA) is 38.2 Å². The Hall–Kier alpha value is -2.01. The van der Waals surface area contributed by atoms with Gasteiger partial charge in [0.2, 0.25) is 0 Å². The van der Waals surface area contributed by atoms with Crippen molar-refractivity contribution in [2.24, 2.45) is 0 Å². The Bertz CT molecular complexity index is 679. The van der Waals surface area contributed by atoms with Crippen molar-refractivity contribution < 1.29 is 9.13 Å². The van der Waals surface area contributed by atoms with Crippen molar-refractivity contribution in [3.8, 4) is 17.0 Å². The molecule has 0 radical (unpaired) electrons. The molecular formula is C20H26FN3O. The minimum Gasteiger partial charge on any atom is -0.490 e. The predicted octanol–water partition coefficient (Wildman–Crippen LogP) is 3.91. The van der Waals surface area contributed by atoms with Crippen LogP contribution in [-0.4, -0.2) is 47.8 Å². The quantitative estimate of drug-likeness (QED) is 0.647. The van der Waals surface area contributed by atoms with Gasteiger partial charge in [-0.05, 0) is 63.0 Å². The zero-order valence-corrected chi connectivity index (χ0v) is 14.8. The van der Waals surface area contributed by atoms with Crippen molar-refractivity contribution in [1.82, 2.24) is 14.9 Å². The number of aryl methyl sites for hydroxylation is 1. The number of unbranched alkanes of at least 4 members (excludes halogenated alkanes) is 2. The van der Waals surface area contributed by atoms with Crippen LogP contribution in [0.2, 0.25) is 0 Å². The Morgan fingerprint density at radius 2 is 2.16 bits per heavy atom. The van der Waals surface area contributed by atoms with Gasteiger partial charge in [-0.25, -0.2) is 0 Å². The van der Waals surface area contributed by atoms with E-state index in [9.17, 15) is 4.39 Å². The SMILES string of the molecule is CN1CC[C@H]1COc1cncc(-c2cc(CCCCCF)ccn2)c1. The number of pyridine rings is 2. The number of nitrogens with zero attached hydrogens (tertiary/aromatic N) is 3. The molecule has 2 aromatic heterocycles. The third-order valence-corrected chi connectivity index (χ3v) is 4.81. The highest BCUT2D eigenvalue weighted by atomic mass is 19.1. The van der Waals surface area contributed by atoms with Crippen LogP contribution < -0.4 is 4.74 Å². The first-order chi connectivity index (χ1) is 12.3. The molecule has 0 aromatic carbocycles. The summed E-state index contributed by atoms with van der Waals surface area (Å²) in [5.41, 5.74) is 3.10. The summed E-state index contributed by atoms with van der Waals surface area (Å²) in [6.45, 7) is 1.62. The number of hydrogen-bond donors (Lipinski definition) is 0. The molecule has 0 spiro atoms. The first-order valence-electron chi connectivity index (χ1n) is 9.05. The second-order valence-corrected chi connectivity index (χ2v) is 6.69. The van der Waals surface area contributed by atoms with E-state index in [0.717, 1.165) is 42.8 Å². The van der Waals surface area contributed by atoms with Crippen molar-refractivity contribution in [3.05, 3.63) is 42.4 Å². The molecule has 0 bridgehead atoms. The average molecular weight is 343 g/mol. The molecule has 1 aliphatic heterocycles. The fourth-order valence-electron chi connectivity index (χ4n) is 3.00. The smallest absolute Gasteiger partial charge is 0.138 e. The number of likely N-dealkylation sites (N-methyl/N-ethyl adjacent to an activating group) is 1. The van der Waals surface area contributed by atoms with Crippen molar-refractivity contribution >= 4 is 0 Å². The molecule has 1 saturated heterocycles. The van der Waals surface area contributed by atoms with Crippen molar-refractivity contribution in [2.75, 3.05) is 26.9 Å². The van der Waals surface area contributed by atoms with Gasteiger partial charge in [0.15, 0.2) is 0 Å². The predicted molar refractivity (Wildman–Crippen MR) is 97.5 cm³/mol. The van der Waals surface area contributed by atoms with E-state index in [1.54, 1.807) is 6.20 Å². The number of rotatable bonds is 9. The lowest BCUT2D eigenvalue weighted by molar-refractivity contribution is 0.0768. The summed E-state index contributed by atoms with van der Waals surface area (Å²) >= 11 is 0. The standard InChI is InChI=1S/C20H26FN3O/c1-24-10-7-18(24)15-25-19-12-17(13-22-14-19)20-11-16(6-9-23-20)5-3-2-4-8-21/h6,9,11-14,18H,2-5,7-8,10,15H2,1H3/t18-/m0/s1. The van der Waals surface area contributed by atoms with Gasteiger partial charge in [-0.15, -0.1) is 0 Å². The second kappa shape index (κ2) is 8.90. The Morgan fingerprint density at radius 1 is 1.24 bits per heavy atom. The fraction of sp³-hybridized carbons (Fsp3) is 0.500. The molecule has 4 nitrogen and oxygen atoms in total. The van der Waals surface area contributed by atoms with E-state index in [4.69, 9.17) is 4.74 Å². The maximum Gasteiger partial charge on any atom is 0.138 e. The summed E-state index contributed by atoms with van der Waals surface area (Å²) in [6, 6.07) is 6.63. The fourth-order valence-corrected chi connectivity index (χ4v) is 3.00. The van der Waals surface area contributed by atoms with E-state index in [-0.39, 0.29) is 6.67 Å². The zero-order valence-electron chi connectivity index (χ0n) is 14.8. The summed E-state index contributed by atoms with van der Waals surface area (Å²) < 4.78 is 18.1. The number of likely N-dealkylation sites (tertiary alicyclic amines) is 1. The molecule has 0 amide bonds. The van der Waals surface area contributed by atoms with Crippen molar-refractivity contribution in [1.29, 1.82) is 0 Å². The molecule has 3 heterocycles. The molecule has 0 N–H and O–H groups in total. The van der Waals surface area contributed by atoms with Crippen LogP contribution >= 0.6 is 0 Å². The van der Waals surface area contributed by atoms with Gasteiger partial charge in [-0.1, -0.05) is 6.42 Å². The van der Waals surface area contributed by atoms with E-state index in [1.807, 2.05) is 24.5 Å². The largest absolute Gasteiger partial charge is 0.490 e. The van der Waals surface area contributed by atoms with Crippen LogP contribution in [0, 0.1) is 0 Å². The monoisotopic (exact) mass is 343 g/mol. The van der Waals surface area contributed by atoms with Gasteiger partial charge < -0.3 is 4.74 Å². The summed E-state index contributed by atoms with van der Waals surface area (Å²) in [7, 11) is 2.12. The molecule has 25 heavy (non-hydrogen) atoms. The van der Waals surface area contributed by atoms with Gasteiger partial charge >= 0.3 is 0 Å². The molecule has 2 aromatic rings. The molecule has 3 rings (SSSR count). The molecule has 5 heteroatoms. The van der Waals surface area contributed by atoms with Gasteiger partial charge in [0.05, 0.1) is 18.6 Å². The van der Waals surface area contributed by atoms with Crippen LogP contribution in [0.1, 0.15) is 31.2 Å². The van der Waals surface area contributed by atoms with Crippen LogP contribution in [0.25, 0.3) is 11.3 Å². The highest BCUT2D eigenvalue weighted by Crippen LogP contribution is 2.23. The number of aromatic nitrogens is 2. The number of alkyl halides is 1. The van der Waals surface area contributed by atoms with Crippen LogP contribution in [0.5, 0.6) is 5.75 Å². The van der Waals surface area contributed by atoms with E-state index in [0.29, 0.717) is 19.1 Å². The van der Waals surface area contributed by atoms with Crippen molar-refractivity contribution in [3.63, 3.8) is 0 Å². The van der Waals surface area contributed by atoms with E-state index >= 15 is 0 Å². The third kappa shape index (κ3) is 4.98. The van der Waals surface area contributed by atoms with Gasteiger partial charge in [-0.2, -0.15) is 0 Å². The van der Waals surface area contributed by atoms with Gasteiger partial charge in [0.1, 0.15) is 12.4 Å². The highest BCUT2D eigenvalue weighted by molar-refractivity contribution is 5.60.